The molecule has 0 radical (unpaired) electrons. The van der Waals surface area contributed by atoms with Crippen molar-refractivity contribution in [3.8, 4) is 11.4 Å². The second-order valence-corrected chi connectivity index (χ2v) is 7.07. The molecule has 0 N–H and O–H groups in total. The van der Waals surface area contributed by atoms with Gasteiger partial charge < -0.3 is 9.30 Å². The van der Waals surface area contributed by atoms with Crippen LogP contribution in [0.5, 0.6) is 5.75 Å². The number of hydrogen-bond donors (Lipinski definition) is 0. The molecule has 0 aliphatic heterocycles. The minimum atomic E-state index is -0.0748. The summed E-state index contributed by atoms with van der Waals surface area (Å²) >= 11 is 9.47. The van der Waals surface area contributed by atoms with Crippen molar-refractivity contribution in [3.05, 3.63) is 81.0 Å². The highest BCUT2D eigenvalue weighted by Gasteiger charge is 2.17. The summed E-state index contributed by atoms with van der Waals surface area (Å²) in [6.07, 6.45) is 0. The quantitative estimate of drug-likeness (QED) is 0.492. The summed E-state index contributed by atoms with van der Waals surface area (Å²) in [5.41, 5.74) is 3.61. The fraction of sp³-hybridized carbons (Fsp3) is 0.150. The zero-order chi connectivity index (χ0) is 18.0. The first kappa shape index (κ1) is 17.8. The largest absolute Gasteiger partial charge is 0.484 e. The predicted molar refractivity (Wildman–Crippen MR) is 104 cm³/mol. The van der Waals surface area contributed by atoms with Gasteiger partial charge in [-0.3, -0.25) is 4.79 Å². The Hall–Kier alpha value is -2.04. The smallest absolute Gasteiger partial charge is 0.202 e. The van der Waals surface area contributed by atoms with Crippen molar-refractivity contribution in [1.29, 1.82) is 0 Å². The van der Waals surface area contributed by atoms with Gasteiger partial charge in [-0.1, -0.05) is 45.7 Å². The van der Waals surface area contributed by atoms with Gasteiger partial charge in [-0.15, -0.1) is 0 Å². The van der Waals surface area contributed by atoms with Gasteiger partial charge in [-0.05, 0) is 50.2 Å². The fourth-order valence-electron chi connectivity index (χ4n) is 2.83. The van der Waals surface area contributed by atoms with Gasteiger partial charge in [-0.2, -0.15) is 0 Å². The van der Waals surface area contributed by atoms with E-state index in [0.717, 1.165) is 21.5 Å². The van der Waals surface area contributed by atoms with E-state index in [1.165, 1.54) is 0 Å². The number of carbonyl (C=O) groups is 1. The average molecular weight is 419 g/mol. The highest BCUT2D eigenvalue weighted by atomic mass is 79.9. The number of rotatable bonds is 5. The fourth-order valence-corrected chi connectivity index (χ4v) is 3.56. The number of nitrogens with zero attached hydrogens (tertiary/aromatic N) is 1. The first-order valence-electron chi connectivity index (χ1n) is 7.83. The molecular weight excluding hydrogens is 402 g/mol. The van der Waals surface area contributed by atoms with E-state index in [1.54, 1.807) is 12.1 Å². The predicted octanol–water partition coefficient (Wildman–Crippen LogP) is 5.77. The van der Waals surface area contributed by atoms with E-state index in [2.05, 4.69) is 20.5 Å². The number of ether oxygens (including phenoxy) is 1. The molecule has 0 saturated heterocycles. The van der Waals surface area contributed by atoms with E-state index in [1.807, 2.05) is 56.3 Å². The van der Waals surface area contributed by atoms with Crippen LogP contribution in [0.1, 0.15) is 21.7 Å². The topological polar surface area (TPSA) is 31.2 Å². The molecule has 0 saturated carbocycles. The number of para-hydroxylation sites is 1. The van der Waals surface area contributed by atoms with E-state index >= 15 is 0 Å². The van der Waals surface area contributed by atoms with Crippen LogP contribution in [-0.2, 0) is 0 Å². The second kappa shape index (κ2) is 7.46. The van der Waals surface area contributed by atoms with Crippen LogP contribution in [0, 0.1) is 13.8 Å². The molecule has 0 amide bonds. The standard InChI is InChI=1S/C20H17BrClNO2/c1-13-10-17(14(2)23(13)16-6-4-3-5-7-16)19(24)12-25-20-9-8-15(21)11-18(20)22/h3-11H,12H2,1-2H3. The normalized spacial score (nSPS) is 10.7. The van der Waals surface area contributed by atoms with Gasteiger partial charge >= 0.3 is 0 Å². The lowest BCUT2D eigenvalue weighted by atomic mass is 10.1. The molecule has 1 heterocycles. The highest BCUT2D eigenvalue weighted by molar-refractivity contribution is 9.10. The maximum atomic E-state index is 12.6. The molecule has 1 aromatic heterocycles. The number of aryl methyl sites for hydroxylation is 1. The minimum absolute atomic E-state index is 0.0551. The summed E-state index contributed by atoms with van der Waals surface area (Å²) < 4.78 is 8.54. The molecule has 3 rings (SSSR count). The van der Waals surface area contributed by atoms with Crippen LogP contribution in [-0.4, -0.2) is 17.0 Å². The molecule has 0 aliphatic rings. The first-order valence-corrected chi connectivity index (χ1v) is 9.00. The van der Waals surface area contributed by atoms with E-state index < -0.39 is 0 Å². The lowest BCUT2D eigenvalue weighted by molar-refractivity contribution is 0.0921. The molecule has 128 valence electrons. The number of carbonyl (C=O) groups excluding carboxylic acids is 1. The Morgan fingerprint density at radius 2 is 1.84 bits per heavy atom. The molecule has 3 aromatic rings. The van der Waals surface area contributed by atoms with Gasteiger partial charge in [0.2, 0.25) is 5.78 Å². The summed E-state index contributed by atoms with van der Waals surface area (Å²) in [4.78, 5) is 12.6. The lowest BCUT2D eigenvalue weighted by Gasteiger charge is -2.10. The maximum Gasteiger partial charge on any atom is 0.202 e. The number of benzene rings is 2. The molecule has 0 fully saturated rings. The van der Waals surface area contributed by atoms with Crippen LogP contribution in [0.15, 0.2) is 59.1 Å². The zero-order valence-electron chi connectivity index (χ0n) is 13.9. The van der Waals surface area contributed by atoms with Gasteiger partial charge in [0.15, 0.2) is 6.61 Å². The SMILES string of the molecule is Cc1cc(C(=O)COc2ccc(Br)cc2Cl)c(C)n1-c1ccccc1. The molecule has 0 bridgehead atoms. The van der Waals surface area contributed by atoms with E-state index in [9.17, 15) is 4.79 Å². The van der Waals surface area contributed by atoms with Crippen LogP contribution >= 0.6 is 27.5 Å². The van der Waals surface area contributed by atoms with Crippen LogP contribution in [0.3, 0.4) is 0 Å². The summed E-state index contributed by atoms with van der Waals surface area (Å²) in [5, 5.41) is 0.469. The Bertz CT molecular complexity index is 919. The summed E-state index contributed by atoms with van der Waals surface area (Å²) in [6.45, 7) is 3.88. The van der Waals surface area contributed by atoms with Crippen molar-refractivity contribution in [2.75, 3.05) is 6.61 Å². The number of Topliss-reactive ketones (excluding diaryl/α,β-unsaturated/α-hetero) is 1. The minimum Gasteiger partial charge on any atom is -0.484 e. The van der Waals surface area contributed by atoms with Gasteiger partial charge in [0, 0.05) is 27.1 Å². The van der Waals surface area contributed by atoms with Crippen LogP contribution in [0.25, 0.3) is 5.69 Å². The molecule has 2 aromatic carbocycles. The Morgan fingerprint density at radius 1 is 1.12 bits per heavy atom. The number of ketones is 1. The van der Waals surface area contributed by atoms with E-state index in [0.29, 0.717) is 16.3 Å². The maximum absolute atomic E-state index is 12.6. The molecular formula is C20H17BrClNO2. The Morgan fingerprint density at radius 3 is 2.52 bits per heavy atom. The molecule has 0 atom stereocenters. The molecule has 25 heavy (non-hydrogen) atoms. The molecule has 5 heteroatoms. The van der Waals surface area contributed by atoms with Gasteiger partial charge in [-0.25, -0.2) is 0 Å². The van der Waals surface area contributed by atoms with Gasteiger partial charge in [0.1, 0.15) is 5.75 Å². The molecule has 0 aliphatic carbocycles. The van der Waals surface area contributed by atoms with Crippen LogP contribution in [0.2, 0.25) is 5.02 Å². The second-order valence-electron chi connectivity index (χ2n) is 5.74. The van der Waals surface area contributed by atoms with Crippen molar-refractivity contribution in [1.82, 2.24) is 4.57 Å². The monoisotopic (exact) mass is 417 g/mol. The number of hydrogen-bond acceptors (Lipinski definition) is 2. The van der Waals surface area contributed by atoms with Crippen LogP contribution in [0.4, 0.5) is 0 Å². The van der Waals surface area contributed by atoms with Crippen molar-refractivity contribution in [2.45, 2.75) is 13.8 Å². The molecule has 0 spiro atoms. The van der Waals surface area contributed by atoms with E-state index in [4.69, 9.17) is 16.3 Å². The zero-order valence-corrected chi connectivity index (χ0v) is 16.3. The molecule has 0 unspecified atom stereocenters. The Balaban J connectivity index is 1.81. The first-order chi connectivity index (χ1) is 12.0. The van der Waals surface area contributed by atoms with Crippen molar-refractivity contribution >= 4 is 33.3 Å². The lowest BCUT2D eigenvalue weighted by Crippen LogP contribution is -2.13. The average Bonchev–Trinajstić information content (AvgIpc) is 2.89. The number of halogens is 2. The Kier molecular flexibility index (Phi) is 5.30. The van der Waals surface area contributed by atoms with Crippen molar-refractivity contribution in [2.24, 2.45) is 0 Å². The van der Waals surface area contributed by atoms with Crippen molar-refractivity contribution < 1.29 is 9.53 Å². The summed E-state index contributed by atoms with van der Waals surface area (Å²) in [5.74, 6) is 0.421. The van der Waals surface area contributed by atoms with Crippen LogP contribution < -0.4 is 4.74 Å². The third-order valence-corrected chi connectivity index (χ3v) is 4.79. The van der Waals surface area contributed by atoms with Crippen molar-refractivity contribution in [3.63, 3.8) is 0 Å². The van der Waals surface area contributed by atoms with Gasteiger partial charge in [0.25, 0.3) is 0 Å². The highest BCUT2D eigenvalue weighted by Crippen LogP contribution is 2.28. The summed E-state index contributed by atoms with van der Waals surface area (Å²) in [7, 11) is 0. The van der Waals surface area contributed by atoms with Gasteiger partial charge in [0.05, 0.1) is 5.02 Å². The summed E-state index contributed by atoms with van der Waals surface area (Å²) in [6, 6.07) is 17.2. The van der Waals surface area contributed by atoms with E-state index in [-0.39, 0.29) is 12.4 Å². The number of aromatic nitrogens is 1. The molecule has 3 nitrogen and oxygen atoms in total. The Labute approximate surface area is 160 Å². The third kappa shape index (κ3) is 3.80. The third-order valence-electron chi connectivity index (χ3n) is 4.00.